The lowest BCUT2D eigenvalue weighted by molar-refractivity contribution is -0.135. The van der Waals surface area contributed by atoms with Crippen LogP contribution in [0, 0.1) is 5.92 Å². The van der Waals surface area contributed by atoms with Crippen LogP contribution >= 0.6 is 0 Å². The summed E-state index contributed by atoms with van der Waals surface area (Å²) in [5.74, 6) is 0.471. The Morgan fingerprint density at radius 2 is 2.29 bits per heavy atom. The van der Waals surface area contributed by atoms with Crippen molar-refractivity contribution in [3.63, 3.8) is 0 Å². The van der Waals surface area contributed by atoms with Crippen molar-refractivity contribution < 1.29 is 9.84 Å². The first-order chi connectivity index (χ1) is 6.49. The van der Waals surface area contributed by atoms with Crippen molar-refractivity contribution in [2.24, 2.45) is 5.92 Å². The SMILES string of the molecule is C=C(C)[C@@H]1CC[C@](C)(OCC)[C@@H](O)C1. The van der Waals surface area contributed by atoms with Crippen LogP contribution < -0.4 is 0 Å². The highest BCUT2D eigenvalue weighted by molar-refractivity contribution is 5.03. The average molecular weight is 198 g/mol. The summed E-state index contributed by atoms with van der Waals surface area (Å²) in [4.78, 5) is 0. The molecule has 14 heavy (non-hydrogen) atoms. The van der Waals surface area contributed by atoms with Crippen molar-refractivity contribution in [2.45, 2.75) is 51.7 Å². The van der Waals surface area contributed by atoms with Gasteiger partial charge >= 0.3 is 0 Å². The Labute approximate surface area is 87.0 Å². The van der Waals surface area contributed by atoms with Crippen LogP contribution in [-0.4, -0.2) is 23.4 Å². The Bertz CT molecular complexity index is 212. The van der Waals surface area contributed by atoms with Crippen molar-refractivity contribution in [3.8, 4) is 0 Å². The highest BCUT2D eigenvalue weighted by Crippen LogP contribution is 2.37. The Morgan fingerprint density at radius 1 is 1.64 bits per heavy atom. The molecule has 0 amide bonds. The molecule has 2 heteroatoms. The number of rotatable bonds is 3. The summed E-state index contributed by atoms with van der Waals surface area (Å²) in [6, 6.07) is 0. The molecule has 0 bridgehead atoms. The van der Waals surface area contributed by atoms with Crippen molar-refractivity contribution in [2.75, 3.05) is 6.61 Å². The summed E-state index contributed by atoms with van der Waals surface area (Å²) in [6.07, 6.45) is 2.46. The summed E-state index contributed by atoms with van der Waals surface area (Å²) in [5.41, 5.74) is 0.850. The number of ether oxygens (including phenoxy) is 1. The van der Waals surface area contributed by atoms with Gasteiger partial charge in [-0.3, -0.25) is 0 Å². The van der Waals surface area contributed by atoms with Crippen LogP contribution in [0.5, 0.6) is 0 Å². The van der Waals surface area contributed by atoms with Gasteiger partial charge in [0.1, 0.15) is 0 Å². The van der Waals surface area contributed by atoms with Gasteiger partial charge in [0.2, 0.25) is 0 Å². The summed E-state index contributed by atoms with van der Waals surface area (Å²) < 4.78 is 5.63. The predicted octanol–water partition coefficient (Wildman–Crippen LogP) is 2.52. The molecule has 0 aromatic heterocycles. The molecule has 0 aromatic rings. The van der Waals surface area contributed by atoms with E-state index < -0.39 is 0 Å². The van der Waals surface area contributed by atoms with Crippen molar-refractivity contribution >= 4 is 0 Å². The van der Waals surface area contributed by atoms with E-state index in [4.69, 9.17) is 4.74 Å². The van der Waals surface area contributed by atoms with E-state index in [1.54, 1.807) is 0 Å². The molecule has 1 aliphatic carbocycles. The molecular weight excluding hydrogens is 176 g/mol. The van der Waals surface area contributed by atoms with Gasteiger partial charge < -0.3 is 9.84 Å². The van der Waals surface area contributed by atoms with Gasteiger partial charge in [0.05, 0.1) is 11.7 Å². The summed E-state index contributed by atoms with van der Waals surface area (Å²) >= 11 is 0. The van der Waals surface area contributed by atoms with Crippen LogP contribution in [-0.2, 0) is 4.74 Å². The molecule has 3 atom stereocenters. The number of allylic oxidation sites excluding steroid dienone is 1. The second kappa shape index (κ2) is 4.45. The second-order valence-corrected chi connectivity index (χ2v) is 4.58. The van der Waals surface area contributed by atoms with E-state index in [1.807, 2.05) is 20.8 Å². The van der Waals surface area contributed by atoms with E-state index in [0.717, 1.165) is 19.3 Å². The smallest absolute Gasteiger partial charge is 0.0912 e. The average Bonchev–Trinajstić information content (AvgIpc) is 2.10. The molecule has 1 rings (SSSR count). The van der Waals surface area contributed by atoms with Crippen LogP contribution in [0.3, 0.4) is 0 Å². The zero-order chi connectivity index (χ0) is 10.8. The fourth-order valence-corrected chi connectivity index (χ4v) is 2.21. The molecule has 0 spiro atoms. The standard InChI is InChI=1S/C12H22O2/c1-5-14-12(4)7-6-10(9(2)3)8-11(12)13/h10-11,13H,2,5-8H2,1,3-4H3/t10-,11+,12+/m1/s1. The monoisotopic (exact) mass is 198 g/mol. The molecule has 0 heterocycles. The molecule has 0 radical (unpaired) electrons. The lowest BCUT2D eigenvalue weighted by atomic mass is 9.75. The molecule has 0 unspecified atom stereocenters. The van der Waals surface area contributed by atoms with Gasteiger partial charge in [-0.25, -0.2) is 0 Å². The molecule has 0 aliphatic heterocycles. The Hall–Kier alpha value is -0.340. The zero-order valence-corrected chi connectivity index (χ0v) is 9.55. The second-order valence-electron chi connectivity index (χ2n) is 4.58. The maximum Gasteiger partial charge on any atom is 0.0912 e. The van der Waals surface area contributed by atoms with E-state index in [1.165, 1.54) is 5.57 Å². The van der Waals surface area contributed by atoms with Crippen LogP contribution in [0.15, 0.2) is 12.2 Å². The van der Waals surface area contributed by atoms with Crippen LogP contribution in [0.4, 0.5) is 0 Å². The van der Waals surface area contributed by atoms with Gasteiger partial charge in [-0.1, -0.05) is 12.2 Å². The fraction of sp³-hybridized carbons (Fsp3) is 0.833. The normalized spacial score (nSPS) is 38.3. The maximum atomic E-state index is 10.0. The molecule has 82 valence electrons. The topological polar surface area (TPSA) is 29.5 Å². The van der Waals surface area contributed by atoms with Gasteiger partial charge in [0.15, 0.2) is 0 Å². The quantitative estimate of drug-likeness (QED) is 0.706. The Morgan fingerprint density at radius 3 is 2.71 bits per heavy atom. The number of hydrogen-bond acceptors (Lipinski definition) is 2. The van der Waals surface area contributed by atoms with Gasteiger partial charge in [-0.15, -0.1) is 0 Å². The van der Waals surface area contributed by atoms with Gasteiger partial charge in [-0.2, -0.15) is 0 Å². The first kappa shape index (κ1) is 11.7. The molecule has 0 saturated heterocycles. The third kappa shape index (κ3) is 2.37. The van der Waals surface area contributed by atoms with Gasteiger partial charge in [0, 0.05) is 6.61 Å². The third-order valence-electron chi connectivity index (χ3n) is 3.37. The van der Waals surface area contributed by atoms with Crippen molar-refractivity contribution in [1.29, 1.82) is 0 Å². The summed E-state index contributed by atoms with van der Waals surface area (Å²) in [7, 11) is 0. The van der Waals surface area contributed by atoms with Crippen molar-refractivity contribution in [1.82, 2.24) is 0 Å². The highest BCUT2D eigenvalue weighted by Gasteiger charge is 2.39. The number of hydrogen-bond donors (Lipinski definition) is 1. The molecule has 1 aliphatic rings. The largest absolute Gasteiger partial charge is 0.390 e. The fourth-order valence-electron chi connectivity index (χ4n) is 2.21. The molecule has 2 nitrogen and oxygen atoms in total. The molecular formula is C12H22O2. The number of aliphatic hydroxyl groups excluding tert-OH is 1. The van der Waals surface area contributed by atoms with E-state index >= 15 is 0 Å². The van der Waals surface area contributed by atoms with Crippen LogP contribution in [0.2, 0.25) is 0 Å². The summed E-state index contributed by atoms with van der Waals surface area (Å²) in [6.45, 7) is 10.7. The Kier molecular flexibility index (Phi) is 3.73. The first-order valence-corrected chi connectivity index (χ1v) is 5.47. The zero-order valence-electron chi connectivity index (χ0n) is 9.55. The predicted molar refractivity (Wildman–Crippen MR) is 58.2 cm³/mol. The molecule has 1 saturated carbocycles. The molecule has 1 fully saturated rings. The maximum absolute atomic E-state index is 10.0. The van der Waals surface area contributed by atoms with E-state index in [2.05, 4.69) is 6.58 Å². The lowest BCUT2D eigenvalue weighted by Gasteiger charge is -2.41. The minimum atomic E-state index is -0.349. The molecule has 1 N–H and O–H groups in total. The first-order valence-electron chi connectivity index (χ1n) is 5.47. The van der Waals surface area contributed by atoms with E-state index in [9.17, 15) is 5.11 Å². The van der Waals surface area contributed by atoms with Gasteiger partial charge in [0.25, 0.3) is 0 Å². The summed E-state index contributed by atoms with van der Waals surface area (Å²) in [5, 5.41) is 10.0. The Balaban J connectivity index is 2.59. The molecule has 0 aromatic carbocycles. The highest BCUT2D eigenvalue weighted by atomic mass is 16.5. The third-order valence-corrected chi connectivity index (χ3v) is 3.37. The van der Waals surface area contributed by atoms with Crippen molar-refractivity contribution in [3.05, 3.63) is 12.2 Å². The van der Waals surface area contributed by atoms with Crippen LogP contribution in [0.1, 0.15) is 40.0 Å². The van der Waals surface area contributed by atoms with Crippen LogP contribution in [0.25, 0.3) is 0 Å². The lowest BCUT2D eigenvalue weighted by Crippen LogP contribution is -2.46. The number of aliphatic hydroxyl groups is 1. The minimum absolute atomic E-state index is 0.333. The van der Waals surface area contributed by atoms with Gasteiger partial charge in [-0.05, 0) is 46.0 Å². The minimum Gasteiger partial charge on any atom is -0.390 e. The van der Waals surface area contributed by atoms with E-state index in [0.29, 0.717) is 12.5 Å². The van der Waals surface area contributed by atoms with E-state index in [-0.39, 0.29) is 11.7 Å².